The predicted molar refractivity (Wildman–Crippen MR) is 73.1 cm³/mol. The number of benzene rings is 1. The topological polar surface area (TPSA) is 43.1 Å². The summed E-state index contributed by atoms with van der Waals surface area (Å²) >= 11 is 0. The molecule has 1 aromatic rings. The van der Waals surface area contributed by atoms with E-state index in [0.717, 1.165) is 37.7 Å². The normalized spacial score (nSPS) is 12.4. The van der Waals surface area contributed by atoms with Gasteiger partial charge in [0.15, 0.2) is 5.78 Å². The maximum absolute atomic E-state index is 12.3. The number of unbranched alkanes of at least 4 members (excludes halogenated alkanes) is 1. The highest BCUT2D eigenvalue weighted by atomic mass is 16.1. The van der Waals surface area contributed by atoms with Crippen LogP contribution in [0, 0.1) is 5.92 Å². The van der Waals surface area contributed by atoms with Crippen LogP contribution >= 0.6 is 0 Å². The third kappa shape index (κ3) is 4.22. The van der Waals surface area contributed by atoms with Gasteiger partial charge >= 0.3 is 0 Å². The first-order valence-electron chi connectivity index (χ1n) is 6.58. The van der Waals surface area contributed by atoms with E-state index in [1.54, 1.807) is 6.07 Å². The van der Waals surface area contributed by atoms with Crippen LogP contribution in [0.3, 0.4) is 0 Å². The molecule has 0 aliphatic rings. The summed E-state index contributed by atoms with van der Waals surface area (Å²) in [6, 6.07) is 7.33. The Hall–Kier alpha value is -1.31. The fraction of sp³-hybridized carbons (Fsp3) is 0.533. The van der Waals surface area contributed by atoms with Gasteiger partial charge in [-0.05, 0) is 25.0 Å². The number of anilines is 1. The lowest BCUT2D eigenvalue weighted by Crippen LogP contribution is -2.15. The number of nitrogens with two attached hydrogens (primary N) is 1. The van der Waals surface area contributed by atoms with Crippen molar-refractivity contribution in [2.24, 2.45) is 5.92 Å². The minimum Gasteiger partial charge on any atom is -0.399 e. The fourth-order valence-corrected chi connectivity index (χ4v) is 2.13. The van der Waals surface area contributed by atoms with E-state index < -0.39 is 0 Å². The number of hydrogen-bond acceptors (Lipinski definition) is 2. The van der Waals surface area contributed by atoms with Gasteiger partial charge in [-0.2, -0.15) is 0 Å². The summed E-state index contributed by atoms with van der Waals surface area (Å²) in [7, 11) is 0. The zero-order valence-corrected chi connectivity index (χ0v) is 10.9. The molecule has 94 valence electrons. The third-order valence-electron chi connectivity index (χ3n) is 3.09. The molecule has 0 amide bonds. The first-order valence-corrected chi connectivity index (χ1v) is 6.58. The number of ketones is 1. The van der Waals surface area contributed by atoms with Crippen LogP contribution in [-0.2, 0) is 0 Å². The second-order valence-electron chi connectivity index (χ2n) is 4.62. The van der Waals surface area contributed by atoms with Crippen LogP contribution in [0.2, 0.25) is 0 Å². The van der Waals surface area contributed by atoms with Crippen molar-refractivity contribution >= 4 is 11.5 Å². The molecule has 17 heavy (non-hydrogen) atoms. The monoisotopic (exact) mass is 233 g/mol. The van der Waals surface area contributed by atoms with E-state index in [1.165, 1.54) is 0 Å². The Morgan fingerprint density at radius 3 is 2.59 bits per heavy atom. The molecule has 2 nitrogen and oxygen atoms in total. The van der Waals surface area contributed by atoms with Crippen molar-refractivity contribution in [2.45, 2.75) is 46.0 Å². The van der Waals surface area contributed by atoms with Gasteiger partial charge in [-0.1, -0.05) is 45.2 Å². The minimum absolute atomic E-state index is 0.168. The molecule has 2 heteroatoms. The van der Waals surface area contributed by atoms with Gasteiger partial charge in [0.25, 0.3) is 0 Å². The summed E-state index contributed by atoms with van der Waals surface area (Å²) in [5.74, 6) is 0.425. The quantitative estimate of drug-likeness (QED) is 0.570. The van der Waals surface area contributed by atoms with Crippen molar-refractivity contribution in [2.75, 3.05) is 5.73 Å². The Balaban J connectivity index is 2.76. The molecular formula is C15H23NO. The van der Waals surface area contributed by atoms with E-state index >= 15 is 0 Å². The van der Waals surface area contributed by atoms with Crippen LogP contribution < -0.4 is 5.73 Å². The highest BCUT2D eigenvalue weighted by Gasteiger charge is 2.18. The lowest BCUT2D eigenvalue weighted by molar-refractivity contribution is 0.0904. The SMILES string of the molecule is CCCCC(CCC)C(=O)c1cccc(N)c1. The Morgan fingerprint density at radius 2 is 2.00 bits per heavy atom. The highest BCUT2D eigenvalue weighted by molar-refractivity contribution is 5.98. The summed E-state index contributed by atoms with van der Waals surface area (Å²) in [6.07, 6.45) is 5.30. The van der Waals surface area contributed by atoms with Crippen LogP contribution in [0.25, 0.3) is 0 Å². The van der Waals surface area contributed by atoms with Crippen LogP contribution in [0.4, 0.5) is 5.69 Å². The molecule has 0 bridgehead atoms. The van der Waals surface area contributed by atoms with Gasteiger partial charge in [-0.25, -0.2) is 0 Å². The maximum atomic E-state index is 12.3. The van der Waals surface area contributed by atoms with E-state index in [0.29, 0.717) is 5.69 Å². The van der Waals surface area contributed by atoms with Gasteiger partial charge in [0.05, 0.1) is 0 Å². The van der Waals surface area contributed by atoms with Gasteiger partial charge in [0.1, 0.15) is 0 Å². The molecule has 0 radical (unpaired) electrons. The fourth-order valence-electron chi connectivity index (χ4n) is 2.13. The van der Waals surface area contributed by atoms with Crippen LogP contribution in [0.15, 0.2) is 24.3 Å². The maximum Gasteiger partial charge on any atom is 0.166 e. The van der Waals surface area contributed by atoms with Gasteiger partial charge in [0.2, 0.25) is 0 Å². The zero-order valence-electron chi connectivity index (χ0n) is 10.9. The van der Waals surface area contributed by atoms with Gasteiger partial charge < -0.3 is 5.73 Å². The van der Waals surface area contributed by atoms with E-state index in [4.69, 9.17) is 5.73 Å². The molecule has 0 heterocycles. The Kier molecular flexibility index (Phi) is 5.75. The highest BCUT2D eigenvalue weighted by Crippen LogP contribution is 2.21. The largest absolute Gasteiger partial charge is 0.399 e. The van der Waals surface area contributed by atoms with Gasteiger partial charge in [0, 0.05) is 17.2 Å². The molecule has 2 N–H and O–H groups in total. The predicted octanol–water partition coefficient (Wildman–Crippen LogP) is 4.06. The van der Waals surface area contributed by atoms with Gasteiger partial charge in [-0.3, -0.25) is 4.79 Å². The summed E-state index contributed by atoms with van der Waals surface area (Å²) in [5.41, 5.74) is 7.15. The molecule has 0 saturated carbocycles. The smallest absolute Gasteiger partial charge is 0.166 e. The van der Waals surface area contributed by atoms with Crippen molar-refractivity contribution in [3.05, 3.63) is 29.8 Å². The Morgan fingerprint density at radius 1 is 1.24 bits per heavy atom. The van der Waals surface area contributed by atoms with Crippen molar-refractivity contribution in [1.29, 1.82) is 0 Å². The molecule has 0 aliphatic carbocycles. The van der Waals surface area contributed by atoms with Crippen LogP contribution in [0.1, 0.15) is 56.3 Å². The van der Waals surface area contributed by atoms with Crippen molar-refractivity contribution in [3.8, 4) is 0 Å². The third-order valence-corrected chi connectivity index (χ3v) is 3.09. The molecule has 0 spiro atoms. The molecule has 0 aromatic heterocycles. The number of Topliss-reactive ketones (excluding diaryl/α,β-unsaturated/α-hetero) is 1. The molecule has 0 saturated heterocycles. The molecular weight excluding hydrogens is 210 g/mol. The molecule has 1 aromatic carbocycles. The number of nitrogen functional groups attached to an aromatic ring is 1. The zero-order chi connectivity index (χ0) is 12.7. The summed E-state index contributed by atoms with van der Waals surface area (Å²) in [6.45, 7) is 4.29. The molecule has 1 unspecified atom stereocenters. The van der Waals surface area contributed by atoms with E-state index in [1.807, 2.05) is 18.2 Å². The molecule has 0 fully saturated rings. The minimum atomic E-state index is 0.168. The second-order valence-corrected chi connectivity index (χ2v) is 4.62. The van der Waals surface area contributed by atoms with Crippen molar-refractivity contribution in [3.63, 3.8) is 0 Å². The van der Waals surface area contributed by atoms with Gasteiger partial charge in [-0.15, -0.1) is 0 Å². The average Bonchev–Trinajstić information content (AvgIpc) is 2.33. The summed E-state index contributed by atoms with van der Waals surface area (Å²) in [5, 5.41) is 0. The first kappa shape index (κ1) is 13.8. The molecule has 0 aliphatic heterocycles. The summed E-state index contributed by atoms with van der Waals surface area (Å²) < 4.78 is 0. The lowest BCUT2D eigenvalue weighted by Gasteiger charge is -2.14. The lowest BCUT2D eigenvalue weighted by atomic mass is 9.89. The van der Waals surface area contributed by atoms with E-state index in [2.05, 4.69) is 13.8 Å². The first-order chi connectivity index (χ1) is 8.19. The second kappa shape index (κ2) is 7.10. The van der Waals surface area contributed by atoms with Crippen LogP contribution in [0.5, 0.6) is 0 Å². The number of hydrogen-bond donors (Lipinski definition) is 1. The summed E-state index contributed by atoms with van der Waals surface area (Å²) in [4.78, 5) is 12.3. The number of carbonyl (C=O) groups is 1. The van der Waals surface area contributed by atoms with Crippen LogP contribution in [-0.4, -0.2) is 5.78 Å². The van der Waals surface area contributed by atoms with Crippen molar-refractivity contribution in [1.82, 2.24) is 0 Å². The van der Waals surface area contributed by atoms with Crippen molar-refractivity contribution < 1.29 is 4.79 Å². The number of rotatable bonds is 7. The Labute approximate surface area is 104 Å². The average molecular weight is 233 g/mol. The van der Waals surface area contributed by atoms with E-state index in [-0.39, 0.29) is 11.7 Å². The molecule has 1 atom stereocenters. The number of carbonyl (C=O) groups excluding carboxylic acids is 1. The van der Waals surface area contributed by atoms with E-state index in [9.17, 15) is 4.79 Å². The standard InChI is InChI=1S/C15H23NO/c1-3-5-8-12(7-4-2)15(17)13-9-6-10-14(16)11-13/h6,9-12H,3-5,7-8,16H2,1-2H3. The Bertz CT molecular complexity index is 360. The molecule has 1 rings (SSSR count).